The van der Waals surface area contributed by atoms with Crippen molar-refractivity contribution in [3.63, 3.8) is 0 Å². The zero-order valence-electron chi connectivity index (χ0n) is 25.2. The van der Waals surface area contributed by atoms with E-state index in [1.54, 1.807) is 4.68 Å². The van der Waals surface area contributed by atoms with Crippen LogP contribution in [0.3, 0.4) is 0 Å². The maximum absolute atomic E-state index is 13.4. The first kappa shape index (κ1) is 30.7. The molecule has 7 nitrogen and oxygen atoms in total. The first-order chi connectivity index (χ1) is 20.7. The van der Waals surface area contributed by atoms with E-state index in [9.17, 15) is 4.79 Å². The lowest BCUT2D eigenvalue weighted by atomic mass is 9.95. The van der Waals surface area contributed by atoms with E-state index < -0.39 is 6.04 Å². The topological polar surface area (TPSA) is 78.3 Å². The molecule has 2 heterocycles. The summed E-state index contributed by atoms with van der Waals surface area (Å²) in [4.78, 5) is 18.2. The fraction of sp³-hybridized carbons (Fsp3) is 0.324. The number of benzene rings is 3. The Kier molecular flexibility index (Phi) is 9.78. The Morgan fingerprint density at radius 2 is 1.74 bits per heavy atom. The van der Waals surface area contributed by atoms with E-state index >= 15 is 0 Å². The normalized spacial score (nSPS) is 14.3. The maximum atomic E-state index is 13.4. The third-order valence-corrected chi connectivity index (χ3v) is 8.90. The van der Waals surface area contributed by atoms with Crippen LogP contribution in [0.15, 0.2) is 77.1 Å². The number of halogens is 1. The minimum atomic E-state index is -0.511. The van der Waals surface area contributed by atoms with Gasteiger partial charge in [-0.3, -0.25) is 0 Å². The third kappa shape index (κ3) is 7.08. The Morgan fingerprint density at radius 3 is 2.49 bits per heavy atom. The van der Waals surface area contributed by atoms with Gasteiger partial charge in [-0.1, -0.05) is 79.2 Å². The molecule has 43 heavy (non-hydrogen) atoms. The fourth-order valence-electron chi connectivity index (χ4n) is 4.99. The SMILES string of the molecule is CCCCOC(=O)C1=C(C)Nc2nc(SCc3ccccc3Cl)nn2C1c1ccc(OCc2cc(C)c(C)cc2C)cc1. The number of carbonyl (C=O) groups is 1. The number of rotatable bonds is 11. The number of unbranched alkanes of at least 4 members (excludes halogenated alkanes) is 1. The number of allylic oxidation sites excluding steroid dienone is 1. The Bertz CT molecular complexity index is 1650. The van der Waals surface area contributed by atoms with E-state index in [1.165, 1.54) is 28.5 Å². The molecule has 9 heteroatoms. The lowest BCUT2D eigenvalue weighted by molar-refractivity contribution is -0.139. The largest absolute Gasteiger partial charge is 0.489 e. The highest BCUT2D eigenvalue weighted by Gasteiger charge is 2.35. The number of nitrogens with zero attached hydrogens (tertiary/aromatic N) is 3. The van der Waals surface area contributed by atoms with Crippen molar-refractivity contribution in [2.45, 2.75) is 71.0 Å². The van der Waals surface area contributed by atoms with Gasteiger partial charge in [-0.15, -0.1) is 5.10 Å². The van der Waals surface area contributed by atoms with Gasteiger partial charge in [-0.05, 0) is 85.7 Å². The molecule has 1 unspecified atom stereocenters. The molecule has 0 fully saturated rings. The summed E-state index contributed by atoms with van der Waals surface area (Å²) in [5.41, 5.74) is 7.99. The molecule has 0 aliphatic carbocycles. The van der Waals surface area contributed by atoms with Crippen molar-refractivity contribution < 1.29 is 14.3 Å². The summed E-state index contributed by atoms with van der Waals surface area (Å²) in [5, 5.41) is 9.40. The van der Waals surface area contributed by atoms with Crippen LogP contribution in [0.1, 0.15) is 66.1 Å². The van der Waals surface area contributed by atoms with E-state index in [-0.39, 0.29) is 5.97 Å². The van der Waals surface area contributed by atoms with Crippen LogP contribution in [0.25, 0.3) is 0 Å². The predicted octanol–water partition coefficient (Wildman–Crippen LogP) is 8.36. The molecule has 1 aliphatic heterocycles. The van der Waals surface area contributed by atoms with Gasteiger partial charge in [0.1, 0.15) is 18.4 Å². The van der Waals surface area contributed by atoms with Crippen LogP contribution in [0, 0.1) is 20.8 Å². The summed E-state index contributed by atoms with van der Waals surface area (Å²) < 4.78 is 13.6. The van der Waals surface area contributed by atoms with Gasteiger partial charge in [0.15, 0.2) is 0 Å². The van der Waals surface area contributed by atoms with Crippen molar-refractivity contribution in [3.05, 3.63) is 110 Å². The molecule has 224 valence electrons. The third-order valence-electron chi connectivity index (χ3n) is 7.64. The molecule has 1 aromatic heterocycles. The molecular weight excluding hydrogens is 580 g/mol. The number of aryl methyl sites for hydroxylation is 3. The molecule has 4 aromatic rings. The number of thioether (sulfide) groups is 1. The monoisotopic (exact) mass is 616 g/mol. The van der Waals surface area contributed by atoms with Gasteiger partial charge in [0.25, 0.3) is 0 Å². The number of ether oxygens (including phenoxy) is 2. The van der Waals surface area contributed by atoms with Gasteiger partial charge < -0.3 is 14.8 Å². The van der Waals surface area contributed by atoms with Crippen molar-refractivity contribution in [2.24, 2.45) is 0 Å². The molecule has 0 radical (unpaired) electrons. The standard InChI is InChI=1S/C34H37ClN4O3S/c1-6-7-16-41-32(40)30-24(5)36-33-37-34(43-20-26-10-8-9-11-29(26)35)38-39(33)31(30)25-12-14-28(15-13-25)42-19-27-18-22(3)21(2)17-23(27)4/h8-15,17-18,31H,6-7,16,19-20H2,1-5H3,(H,36,37,38). The van der Waals surface area contributed by atoms with Crippen molar-refractivity contribution >= 4 is 35.3 Å². The molecule has 3 aromatic carbocycles. The molecule has 1 aliphatic rings. The Hall–Kier alpha value is -3.75. The molecule has 0 saturated carbocycles. The van der Waals surface area contributed by atoms with Crippen LogP contribution in [0.4, 0.5) is 5.95 Å². The minimum Gasteiger partial charge on any atom is -0.489 e. The molecule has 0 amide bonds. The Morgan fingerprint density at radius 1 is 1.00 bits per heavy atom. The number of hydrogen-bond donors (Lipinski definition) is 1. The molecule has 1 atom stereocenters. The Labute approximate surface area is 262 Å². The number of carbonyl (C=O) groups excluding carboxylic acids is 1. The lowest BCUT2D eigenvalue weighted by Crippen LogP contribution is -2.29. The van der Waals surface area contributed by atoms with E-state index in [4.69, 9.17) is 31.2 Å². The molecule has 1 N–H and O–H groups in total. The van der Waals surface area contributed by atoms with Crippen LogP contribution in [-0.4, -0.2) is 27.3 Å². The van der Waals surface area contributed by atoms with Crippen LogP contribution in [0.5, 0.6) is 5.75 Å². The van der Waals surface area contributed by atoms with Crippen LogP contribution in [0.2, 0.25) is 5.02 Å². The number of anilines is 1. The summed E-state index contributed by atoms with van der Waals surface area (Å²) in [5.74, 6) is 1.58. The minimum absolute atomic E-state index is 0.361. The second-order valence-corrected chi connectivity index (χ2v) is 12.2. The van der Waals surface area contributed by atoms with Gasteiger partial charge in [-0.2, -0.15) is 4.98 Å². The number of nitrogens with one attached hydrogen (secondary N) is 1. The van der Waals surface area contributed by atoms with Gasteiger partial charge in [0.2, 0.25) is 11.1 Å². The zero-order valence-corrected chi connectivity index (χ0v) is 26.8. The number of fused-ring (bicyclic) bond motifs is 1. The smallest absolute Gasteiger partial charge is 0.338 e. The molecule has 0 bridgehead atoms. The molecule has 0 spiro atoms. The van der Waals surface area contributed by atoms with Crippen molar-refractivity contribution in [1.29, 1.82) is 0 Å². The van der Waals surface area contributed by atoms with Crippen LogP contribution < -0.4 is 10.1 Å². The summed E-state index contributed by atoms with van der Waals surface area (Å²) >= 11 is 7.86. The fourth-order valence-corrected chi connectivity index (χ4v) is 6.11. The zero-order chi connectivity index (χ0) is 30.5. The molecule has 0 saturated heterocycles. The first-order valence-corrected chi connectivity index (χ1v) is 15.9. The second-order valence-electron chi connectivity index (χ2n) is 10.8. The highest BCUT2D eigenvalue weighted by Crippen LogP contribution is 2.38. The first-order valence-electron chi connectivity index (χ1n) is 14.5. The average molecular weight is 617 g/mol. The summed E-state index contributed by atoms with van der Waals surface area (Å²) in [6.45, 7) is 11.1. The van der Waals surface area contributed by atoms with Crippen molar-refractivity contribution in [2.75, 3.05) is 11.9 Å². The highest BCUT2D eigenvalue weighted by atomic mass is 35.5. The van der Waals surface area contributed by atoms with Gasteiger partial charge in [0.05, 0.1) is 12.2 Å². The van der Waals surface area contributed by atoms with Crippen LogP contribution >= 0.6 is 23.4 Å². The van der Waals surface area contributed by atoms with Crippen molar-refractivity contribution in [1.82, 2.24) is 14.8 Å². The predicted molar refractivity (Wildman–Crippen MR) is 173 cm³/mol. The number of esters is 1. The average Bonchev–Trinajstić information content (AvgIpc) is 3.40. The number of aromatic nitrogens is 3. The van der Waals surface area contributed by atoms with Crippen molar-refractivity contribution in [3.8, 4) is 5.75 Å². The van der Waals surface area contributed by atoms with E-state index in [1.807, 2.05) is 55.5 Å². The van der Waals surface area contributed by atoms with Gasteiger partial charge in [0, 0.05) is 16.5 Å². The Balaban J connectivity index is 1.41. The second kappa shape index (κ2) is 13.7. The van der Waals surface area contributed by atoms with Crippen LogP contribution in [-0.2, 0) is 21.9 Å². The summed E-state index contributed by atoms with van der Waals surface area (Å²) in [6.07, 6.45) is 1.74. The summed E-state index contributed by atoms with van der Waals surface area (Å²) in [6, 6.07) is 19.4. The van der Waals surface area contributed by atoms with E-state index in [0.717, 1.165) is 35.3 Å². The van der Waals surface area contributed by atoms with E-state index in [2.05, 4.69) is 45.1 Å². The van der Waals surface area contributed by atoms with Gasteiger partial charge >= 0.3 is 5.97 Å². The highest BCUT2D eigenvalue weighted by molar-refractivity contribution is 7.98. The molecule has 5 rings (SSSR count). The maximum Gasteiger partial charge on any atom is 0.338 e. The lowest BCUT2D eigenvalue weighted by Gasteiger charge is -2.28. The number of hydrogen-bond acceptors (Lipinski definition) is 7. The van der Waals surface area contributed by atoms with Gasteiger partial charge in [-0.25, -0.2) is 9.48 Å². The summed E-state index contributed by atoms with van der Waals surface area (Å²) in [7, 11) is 0. The van der Waals surface area contributed by atoms with E-state index in [0.29, 0.717) is 46.4 Å². The quantitative estimate of drug-likeness (QED) is 0.103. The molecular formula is C34H37ClN4O3S.